The van der Waals surface area contributed by atoms with E-state index < -0.39 is 12.1 Å². The van der Waals surface area contributed by atoms with Gasteiger partial charge in [-0.1, -0.05) is 12.1 Å². The van der Waals surface area contributed by atoms with Crippen LogP contribution in [0, 0.1) is 6.92 Å². The molecule has 3 rings (SSSR count). The van der Waals surface area contributed by atoms with E-state index in [1.54, 1.807) is 20.0 Å². The molecule has 1 aromatic carbocycles. The maximum absolute atomic E-state index is 12.0. The molecule has 0 saturated carbocycles. The number of rotatable bonds is 4. The van der Waals surface area contributed by atoms with Crippen LogP contribution in [0.3, 0.4) is 0 Å². The van der Waals surface area contributed by atoms with E-state index in [4.69, 9.17) is 13.9 Å². The number of para-hydroxylation sites is 2. The number of amides is 1. The van der Waals surface area contributed by atoms with E-state index in [1.807, 2.05) is 29.2 Å². The van der Waals surface area contributed by atoms with Crippen LogP contribution in [0.2, 0.25) is 0 Å². The molecule has 132 valence electrons. The topological polar surface area (TPSA) is 81.0 Å². The first-order valence-corrected chi connectivity index (χ1v) is 7.93. The SMILES string of the molecule is CNC(=O)[C@H]1CN(Cc2cc(C)c(C(=O)OC)o2)c2ccccc2O1. The fourth-order valence-electron chi connectivity index (χ4n) is 2.86. The lowest BCUT2D eigenvalue weighted by Crippen LogP contribution is -2.47. The number of esters is 1. The molecule has 7 heteroatoms. The van der Waals surface area contributed by atoms with Gasteiger partial charge in [0.15, 0.2) is 6.10 Å². The van der Waals surface area contributed by atoms with Gasteiger partial charge in [-0.3, -0.25) is 4.79 Å². The molecule has 0 fully saturated rings. The summed E-state index contributed by atoms with van der Waals surface area (Å²) in [6.07, 6.45) is -0.615. The first kappa shape index (κ1) is 16.9. The summed E-state index contributed by atoms with van der Waals surface area (Å²) >= 11 is 0. The molecular weight excluding hydrogens is 324 g/mol. The molecule has 1 aliphatic heterocycles. The number of likely N-dealkylation sites (N-methyl/N-ethyl adjacent to an activating group) is 1. The lowest BCUT2D eigenvalue weighted by Gasteiger charge is -2.34. The third-order valence-corrected chi connectivity index (χ3v) is 4.09. The summed E-state index contributed by atoms with van der Waals surface area (Å²) in [7, 11) is 2.89. The molecule has 1 amide bonds. The Labute approximate surface area is 145 Å². The third-order valence-electron chi connectivity index (χ3n) is 4.09. The first-order chi connectivity index (χ1) is 12.0. The predicted molar refractivity (Wildman–Crippen MR) is 90.8 cm³/mol. The number of aryl methyl sites for hydroxylation is 1. The molecule has 1 N–H and O–H groups in total. The van der Waals surface area contributed by atoms with Crippen molar-refractivity contribution in [3.63, 3.8) is 0 Å². The Bertz CT molecular complexity index is 799. The van der Waals surface area contributed by atoms with Gasteiger partial charge in [-0.05, 0) is 25.1 Å². The second-order valence-corrected chi connectivity index (χ2v) is 5.79. The molecule has 0 aliphatic carbocycles. The van der Waals surface area contributed by atoms with E-state index in [1.165, 1.54) is 7.11 Å². The summed E-state index contributed by atoms with van der Waals surface area (Å²) in [6.45, 7) is 2.58. The van der Waals surface area contributed by atoms with Gasteiger partial charge >= 0.3 is 5.97 Å². The Morgan fingerprint density at radius 1 is 1.36 bits per heavy atom. The number of nitrogens with one attached hydrogen (secondary N) is 1. The molecule has 1 aliphatic rings. The van der Waals surface area contributed by atoms with Crippen molar-refractivity contribution < 1.29 is 23.5 Å². The zero-order valence-corrected chi connectivity index (χ0v) is 14.4. The molecule has 1 atom stereocenters. The summed E-state index contributed by atoms with van der Waals surface area (Å²) in [5.74, 6) is 0.755. The van der Waals surface area contributed by atoms with E-state index in [9.17, 15) is 9.59 Å². The van der Waals surface area contributed by atoms with Crippen LogP contribution in [0.25, 0.3) is 0 Å². The number of benzene rings is 1. The lowest BCUT2D eigenvalue weighted by atomic mass is 10.1. The number of fused-ring (bicyclic) bond motifs is 1. The van der Waals surface area contributed by atoms with Gasteiger partial charge < -0.3 is 24.1 Å². The molecule has 0 bridgehead atoms. The van der Waals surface area contributed by atoms with Crippen molar-refractivity contribution in [3.8, 4) is 5.75 Å². The zero-order chi connectivity index (χ0) is 18.0. The van der Waals surface area contributed by atoms with Gasteiger partial charge in [0.1, 0.15) is 11.5 Å². The molecule has 0 spiro atoms. The zero-order valence-electron chi connectivity index (χ0n) is 14.4. The quantitative estimate of drug-likeness (QED) is 0.853. The van der Waals surface area contributed by atoms with E-state index in [2.05, 4.69) is 5.32 Å². The number of hydrogen-bond donors (Lipinski definition) is 1. The standard InChI is InChI=1S/C18H20N2O5/c1-11-8-12(24-16(11)18(22)23-3)9-20-10-15(17(21)19-2)25-14-7-5-4-6-13(14)20/h4-8,15H,9-10H2,1-3H3,(H,19,21)/t15-/m1/s1. The first-order valence-electron chi connectivity index (χ1n) is 7.93. The van der Waals surface area contributed by atoms with Crippen molar-refractivity contribution in [1.82, 2.24) is 5.32 Å². The minimum Gasteiger partial charge on any atom is -0.477 e. The average molecular weight is 344 g/mol. The summed E-state index contributed by atoms with van der Waals surface area (Å²) in [5.41, 5.74) is 1.59. The predicted octanol–water partition coefficient (Wildman–Crippen LogP) is 1.89. The molecule has 2 heterocycles. The van der Waals surface area contributed by atoms with Crippen LogP contribution in [0.1, 0.15) is 21.9 Å². The van der Waals surface area contributed by atoms with Crippen molar-refractivity contribution >= 4 is 17.6 Å². The van der Waals surface area contributed by atoms with Gasteiger partial charge in [0, 0.05) is 12.6 Å². The molecule has 7 nitrogen and oxygen atoms in total. The monoisotopic (exact) mass is 344 g/mol. The van der Waals surface area contributed by atoms with Crippen LogP contribution in [-0.4, -0.2) is 38.7 Å². The molecule has 0 radical (unpaired) electrons. The molecule has 2 aromatic rings. The highest BCUT2D eigenvalue weighted by Gasteiger charge is 2.31. The van der Waals surface area contributed by atoms with Gasteiger partial charge in [-0.2, -0.15) is 0 Å². The maximum atomic E-state index is 12.0. The minimum atomic E-state index is -0.615. The summed E-state index contributed by atoms with van der Waals surface area (Å²) in [6, 6.07) is 9.31. The highest BCUT2D eigenvalue weighted by atomic mass is 16.5. The lowest BCUT2D eigenvalue weighted by molar-refractivity contribution is -0.127. The Kier molecular flexibility index (Phi) is 4.65. The molecular formula is C18H20N2O5. The maximum Gasteiger partial charge on any atom is 0.374 e. The van der Waals surface area contributed by atoms with E-state index >= 15 is 0 Å². The second kappa shape index (κ2) is 6.88. The van der Waals surface area contributed by atoms with Crippen LogP contribution < -0.4 is 15.0 Å². The number of methoxy groups -OCH3 is 1. The smallest absolute Gasteiger partial charge is 0.374 e. The Morgan fingerprint density at radius 2 is 2.12 bits per heavy atom. The van der Waals surface area contributed by atoms with E-state index in [-0.39, 0.29) is 11.7 Å². The fourth-order valence-corrected chi connectivity index (χ4v) is 2.86. The summed E-state index contributed by atoms with van der Waals surface area (Å²) < 4.78 is 16.1. The van der Waals surface area contributed by atoms with Crippen molar-refractivity contribution in [1.29, 1.82) is 0 Å². The number of carbonyl (C=O) groups excluding carboxylic acids is 2. The molecule has 25 heavy (non-hydrogen) atoms. The van der Waals surface area contributed by atoms with Crippen LogP contribution in [0.15, 0.2) is 34.7 Å². The number of anilines is 1. The summed E-state index contributed by atoms with van der Waals surface area (Å²) in [4.78, 5) is 25.7. The number of hydrogen-bond acceptors (Lipinski definition) is 6. The Hall–Kier alpha value is -2.96. The highest BCUT2D eigenvalue weighted by Crippen LogP contribution is 2.34. The second-order valence-electron chi connectivity index (χ2n) is 5.79. The Balaban J connectivity index is 1.88. The number of furan rings is 1. The normalized spacial score (nSPS) is 16.0. The van der Waals surface area contributed by atoms with Gasteiger partial charge in [-0.25, -0.2) is 4.79 Å². The van der Waals surface area contributed by atoms with E-state index in [0.29, 0.717) is 30.2 Å². The number of nitrogens with zero attached hydrogens (tertiary/aromatic N) is 1. The van der Waals surface area contributed by atoms with Crippen molar-refractivity contribution in [2.75, 3.05) is 25.6 Å². The highest BCUT2D eigenvalue weighted by molar-refractivity contribution is 5.88. The molecule has 0 saturated heterocycles. The number of ether oxygens (including phenoxy) is 2. The van der Waals surface area contributed by atoms with Crippen molar-refractivity contribution in [3.05, 3.63) is 47.4 Å². The third kappa shape index (κ3) is 3.31. The van der Waals surface area contributed by atoms with Crippen molar-refractivity contribution in [2.24, 2.45) is 0 Å². The fraction of sp³-hybridized carbons (Fsp3) is 0.333. The van der Waals surface area contributed by atoms with Gasteiger partial charge in [-0.15, -0.1) is 0 Å². The van der Waals surface area contributed by atoms with Crippen LogP contribution in [0.4, 0.5) is 5.69 Å². The largest absolute Gasteiger partial charge is 0.477 e. The molecule has 0 unspecified atom stereocenters. The summed E-state index contributed by atoms with van der Waals surface area (Å²) in [5, 5.41) is 2.61. The van der Waals surface area contributed by atoms with Gasteiger partial charge in [0.2, 0.25) is 5.76 Å². The number of carbonyl (C=O) groups is 2. The van der Waals surface area contributed by atoms with E-state index in [0.717, 1.165) is 5.69 Å². The minimum absolute atomic E-state index is 0.189. The van der Waals surface area contributed by atoms with Crippen LogP contribution in [0.5, 0.6) is 5.75 Å². The van der Waals surface area contributed by atoms with Gasteiger partial charge in [0.05, 0.1) is 25.9 Å². The van der Waals surface area contributed by atoms with Crippen LogP contribution >= 0.6 is 0 Å². The van der Waals surface area contributed by atoms with Crippen LogP contribution in [-0.2, 0) is 16.1 Å². The molecule has 1 aromatic heterocycles. The van der Waals surface area contributed by atoms with Gasteiger partial charge in [0.25, 0.3) is 5.91 Å². The average Bonchev–Trinajstić information content (AvgIpc) is 3.00. The Morgan fingerprint density at radius 3 is 2.84 bits per heavy atom. The van der Waals surface area contributed by atoms with Crippen molar-refractivity contribution in [2.45, 2.75) is 19.6 Å².